The van der Waals surface area contributed by atoms with Gasteiger partial charge in [0.2, 0.25) is 0 Å². The van der Waals surface area contributed by atoms with Gasteiger partial charge in [0.25, 0.3) is 0 Å². The number of nitrogens with zero attached hydrogens (tertiary/aromatic N) is 1. The van der Waals surface area contributed by atoms with Gasteiger partial charge < -0.3 is 19.9 Å². The fourth-order valence-electron chi connectivity index (χ4n) is 3.57. The zero-order chi connectivity index (χ0) is 23.4. The van der Waals surface area contributed by atoms with Crippen LogP contribution in [-0.4, -0.2) is 27.3 Å². The Morgan fingerprint density at radius 3 is 2.64 bits per heavy atom. The summed E-state index contributed by atoms with van der Waals surface area (Å²) in [6.07, 6.45) is -0.905. The highest BCUT2D eigenvalue weighted by Gasteiger charge is 2.11. The molecule has 0 bridgehead atoms. The van der Waals surface area contributed by atoms with Crippen LogP contribution in [0.15, 0.2) is 77.6 Å². The van der Waals surface area contributed by atoms with E-state index in [9.17, 15) is 15.0 Å². The number of aliphatic hydroxyl groups excluding tert-OH is 1. The molecule has 0 fully saturated rings. The molecule has 4 aromatic rings. The van der Waals surface area contributed by atoms with Crippen LogP contribution in [-0.2, 0) is 6.54 Å². The van der Waals surface area contributed by atoms with Crippen molar-refractivity contribution in [1.29, 1.82) is 0 Å². The molecule has 0 aliphatic heterocycles. The summed E-state index contributed by atoms with van der Waals surface area (Å²) in [5.41, 5.74) is 4.42. The van der Waals surface area contributed by atoms with Crippen molar-refractivity contribution in [3.05, 3.63) is 100.0 Å². The number of phenols is 1. The van der Waals surface area contributed by atoms with Crippen molar-refractivity contribution >= 4 is 0 Å². The van der Waals surface area contributed by atoms with E-state index >= 15 is 0 Å². The number of aromatic hydroxyl groups is 1. The van der Waals surface area contributed by atoms with Crippen LogP contribution in [0.3, 0.4) is 0 Å². The van der Waals surface area contributed by atoms with E-state index in [2.05, 4.69) is 15.3 Å². The zero-order valence-corrected chi connectivity index (χ0v) is 18.4. The van der Waals surface area contributed by atoms with Gasteiger partial charge in [-0.15, -0.1) is 0 Å². The molecule has 0 aliphatic carbocycles. The number of hydrogen-bond acceptors (Lipinski definition) is 6. The average molecular weight is 444 g/mol. The van der Waals surface area contributed by atoms with E-state index in [0.29, 0.717) is 34.6 Å². The quantitative estimate of drug-likeness (QED) is 0.323. The first-order valence-corrected chi connectivity index (χ1v) is 10.5. The average Bonchev–Trinajstić information content (AvgIpc) is 2.84. The maximum atomic E-state index is 12.3. The molecule has 0 aliphatic rings. The second-order valence-electron chi connectivity index (χ2n) is 7.75. The molecule has 7 heteroatoms. The lowest BCUT2D eigenvalue weighted by Gasteiger charge is -2.15. The normalized spacial score (nSPS) is 11.8. The number of aromatic nitrogens is 2. The third kappa shape index (κ3) is 5.28. The minimum absolute atomic E-state index is 0.193. The summed E-state index contributed by atoms with van der Waals surface area (Å²) in [7, 11) is 1.61. The Balaban J connectivity index is 1.57. The summed E-state index contributed by atoms with van der Waals surface area (Å²) in [6.45, 7) is 2.25. The molecule has 4 N–H and O–H groups in total. The molecule has 0 saturated heterocycles. The smallest absolute Gasteiger partial charge is 0.345 e. The number of aliphatic hydroxyl groups is 1. The van der Waals surface area contributed by atoms with Crippen molar-refractivity contribution in [2.45, 2.75) is 19.7 Å². The number of nitrogens with one attached hydrogen (secondary N) is 2. The van der Waals surface area contributed by atoms with Crippen LogP contribution in [0.5, 0.6) is 11.5 Å². The third-order valence-corrected chi connectivity index (χ3v) is 5.38. The van der Waals surface area contributed by atoms with Gasteiger partial charge >= 0.3 is 5.69 Å². The van der Waals surface area contributed by atoms with Gasteiger partial charge in [-0.25, -0.2) is 4.79 Å². The summed E-state index contributed by atoms with van der Waals surface area (Å²) in [5.74, 6) is 0.948. The molecule has 1 aromatic heterocycles. The SMILES string of the molecule is COc1cccc(CNC(O)c2cccc(-c3cc(-c4ccc(O)c(C)c4)[nH]c(=O)n3)c2)c1. The van der Waals surface area contributed by atoms with Gasteiger partial charge in [0.15, 0.2) is 0 Å². The topological polar surface area (TPSA) is 107 Å². The van der Waals surface area contributed by atoms with E-state index in [1.165, 1.54) is 0 Å². The van der Waals surface area contributed by atoms with Gasteiger partial charge in [0.05, 0.1) is 18.5 Å². The fourth-order valence-corrected chi connectivity index (χ4v) is 3.57. The molecule has 7 nitrogen and oxygen atoms in total. The molecule has 1 atom stereocenters. The van der Waals surface area contributed by atoms with Crippen molar-refractivity contribution in [3.63, 3.8) is 0 Å². The minimum Gasteiger partial charge on any atom is -0.508 e. The maximum absolute atomic E-state index is 12.3. The number of rotatable bonds is 7. The van der Waals surface area contributed by atoms with Crippen molar-refractivity contribution < 1.29 is 14.9 Å². The van der Waals surface area contributed by atoms with E-state index < -0.39 is 11.9 Å². The van der Waals surface area contributed by atoms with Crippen molar-refractivity contribution in [2.24, 2.45) is 0 Å². The highest BCUT2D eigenvalue weighted by molar-refractivity contribution is 5.68. The summed E-state index contributed by atoms with van der Waals surface area (Å²) in [6, 6.07) is 21.8. The van der Waals surface area contributed by atoms with Gasteiger partial charge in [-0.3, -0.25) is 5.32 Å². The summed E-state index contributed by atoms with van der Waals surface area (Å²) >= 11 is 0. The predicted octanol–water partition coefficient (Wildman–Crippen LogP) is 3.91. The molecule has 0 saturated carbocycles. The molecule has 4 rings (SSSR count). The summed E-state index contributed by atoms with van der Waals surface area (Å²) < 4.78 is 5.24. The highest BCUT2D eigenvalue weighted by Crippen LogP contribution is 2.27. The molecule has 3 aromatic carbocycles. The first kappa shape index (κ1) is 22.3. The monoisotopic (exact) mass is 443 g/mol. The first-order valence-electron chi connectivity index (χ1n) is 10.5. The summed E-state index contributed by atoms with van der Waals surface area (Å²) in [5, 5.41) is 23.5. The van der Waals surface area contributed by atoms with Crippen LogP contribution in [0.2, 0.25) is 0 Å². The second-order valence-corrected chi connectivity index (χ2v) is 7.75. The maximum Gasteiger partial charge on any atom is 0.345 e. The lowest BCUT2D eigenvalue weighted by atomic mass is 10.0. The number of ether oxygens (including phenoxy) is 1. The van der Waals surface area contributed by atoms with E-state index in [1.807, 2.05) is 42.5 Å². The third-order valence-electron chi connectivity index (χ3n) is 5.38. The van der Waals surface area contributed by atoms with E-state index in [4.69, 9.17) is 4.74 Å². The Morgan fingerprint density at radius 2 is 1.85 bits per heavy atom. The lowest BCUT2D eigenvalue weighted by molar-refractivity contribution is 0.137. The van der Waals surface area contributed by atoms with Gasteiger partial charge in [0.1, 0.15) is 17.7 Å². The molecule has 1 unspecified atom stereocenters. The van der Waals surface area contributed by atoms with Crippen LogP contribution in [0.25, 0.3) is 22.5 Å². The molecule has 0 spiro atoms. The predicted molar refractivity (Wildman–Crippen MR) is 127 cm³/mol. The van der Waals surface area contributed by atoms with Crippen molar-refractivity contribution in [2.75, 3.05) is 7.11 Å². The number of hydrogen-bond donors (Lipinski definition) is 4. The number of methoxy groups -OCH3 is 1. The Kier molecular flexibility index (Phi) is 6.53. The lowest BCUT2D eigenvalue weighted by Crippen LogP contribution is -2.20. The van der Waals surface area contributed by atoms with Crippen LogP contribution < -0.4 is 15.7 Å². The highest BCUT2D eigenvalue weighted by atomic mass is 16.5. The summed E-state index contributed by atoms with van der Waals surface area (Å²) in [4.78, 5) is 19.1. The largest absolute Gasteiger partial charge is 0.508 e. The molecular weight excluding hydrogens is 418 g/mol. The van der Waals surface area contributed by atoms with Crippen LogP contribution in [0.1, 0.15) is 22.9 Å². The second kappa shape index (κ2) is 9.68. The molecule has 1 heterocycles. The standard InChI is InChI=1S/C26H25N3O4/c1-16-11-19(9-10-24(16)30)23-14-22(28-26(32)29-23)18-6-4-7-20(13-18)25(31)27-15-17-5-3-8-21(12-17)33-2/h3-14,25,27,30-31H,15H2,1-2H3,(H,28,29,32). The Labute approximate surface area is 191 Å². The number of aromatic amines is 1. The Bertz CT molecular complexity index is 1330. The van der Waals surface area contributed by atoms with Gasteiger partial charge in [-0.1, -0.05) is 30.3 Å². The molecule has 0 amide bonds. The number of H-pyrrole nitrogens is 1. The van der Waals surface area contributed by atoms with Crippen LogP contribution in [0.4, 0.5) is 0 Å². The molecule has 168 valence electrons. The van der Waals surface area contributed by atoms with E-state index in [0.717, 1.165) is 16.9 Å². The Hall–Kier alpha value is -3.94. The molecule has 33 heavy (non-hydrogen) atoms. The minimum atomic E-state index is -0.905. The van der Waals surface area contributed by atoms with Crippen molar-refractivity contribution in [1.82, 2.24) is 15.3 Å². The van der Waals surface area contributed by atoms with Gasteiger partial charge in [-0.05, 0) is 71.6 Å². The number of benzene rings is 3. The number of phenolic OH excluding ortho intramolecular Hbond substituents is 1. The number of aryl methyl sites for hydroxylation is 1. The van der Waals surface area contributed by atoms with Gasteiger partial charge in [-0.2, -0.15) is 4.98 Å². The van der Waals surface area contributed by atoms with Crippen LogP contribution >= 0.6 is 0 Å². The zero-order valence-electron chi connectivity index (χ0n) is 18.4. The van der Waals surface area contributed by atoms with Crippen molar-refractivity contribution in [3.8, 4) is 34.0 Å². The Morgan fingerprint density at radius 1 is 1.03 bits per heavy atom. The van der Waals surface area contributed by atoms with Gasteiger partial charge in [0, 0.05) is 12.1 Å². The first-order chi connectivity index (χ1) is 15.9. The molecule has 0 radical (unpaired) electrons. The van der Waals surface area contributed by atoms with Crippen LogP contribution in [0, 0.1) is 6.92 Å². The van der Waals surface area contributed by atoms with E-state index in [-0.39, 0.29) is 5.75 Å². The fraction of sp³-hybridized carbons (Fsp3) is 0.154. The van der Waals surface area contributed by atoms with E-state index in [1.54, 1.807) is 44.4 Å². The molecular formula is C26H25N3O4.